The minimum Gasteiger partial charge on any atom is -0.447 e. The summed E-state index contributed by atoms with van der Waals surface area (Å²) in [6.07, 6.45) is 4.01. The van der Waals surface area contributed by atoms with Crippen molar-refractivity contribution in [3.05, 3.63) is 17.9 Å². The van der Waals surface area contributed by atoms with E-state index in [1.807, 2.05) is 13.8 Å². The highest BCUT2D eigenvalue weighted by molar-refractivity contribution is 7.89. The summed E-state index contributed by atoms with van der Waals surface area (Å²) >= 11 is 0. The van der Waals surface area contributed by atoms with E-state index in [0.29, 0.717) is 31.4 Å². The van der Waals surface area contributed by atoms with E-state index >= 15 is 0 Å². The van der Waals surface area contributed by atoms with E-state index in [0.717, 1.165) is 12.8 Å². The first-order valence-corrected chi connectivity index (χ1v) is 8.84. The highest BCUT2D eigenvalue weighted by Gasteiger charge is 2.27. The van der Waals surface area contributed by atoms with Crippen LogP contribution in [0.15, 0.2) is 21.6 Å². The average Bonchev–Trinajstić information content (AvgIpc) is 3.12. The summed E-state index contributed by atoms with van der Waals surface area (Å²) in [5, 5.41) is 3.38. The van der Waals surface area contributed by atoms with Crippen LogP contribution in [0, 0.1) is 0 Å². The molecule has 0 amide bonds. The van der Waals surface area contributed by atoms with Gasteiger partial charge in [0.1, 0.15) is 5.76 Å². The molecular formula is C14H24N2O3S. The predicted molar refractivity (Wildman–Crippen MR) is 77.9 cm³/mol. The predicted octanol–water partition coefficient (Wildman–Crippen LogP) is 2.34. The number of sulfonamides is 1. The Bertz CT molecular complexity index is 514. The third kappa shape index (κ3) is 3.84. The smallest absolute Gasteiger partial charge is 0.276 e. The fourth-order valence-corrected chi connectivity index (χ4v) is 3.66. The molecule has 0 unspecified atom stereocenters. The Morgan fingerprint density at radius 1 is 1.25 bits per heavy atom. The maximum atomic E-state index is 12.5. The minimum absolute atomic E-state index is 0.0620. The molecule has 1 aromatic heterocycles. The highest BCUT2D eigenvalue weighted by Crippen LogP contribution is 2.22. The van der Waals surface area contributed by atoms with E-state index in [9.17, 15) is 8.42 Å². The van der Waals surface area contributed by atoms with Gasteiger partial charge in [0.2, 0.25) is 5.09 Å². The van der Waals surface area contributed by atoms with Crippen LogP contribution in [0.5, 0.6) is 0 Å². The Balaban J connectivity index is 2.06. The van der Waals surface area contributed by atoms with Gasteiger partial charge in [-0.15, -0.1) is 0 Å². The van der Waals surface area contributed by atoms with Gasteiger partial charge in [-0.1, -0.05) is 13.8 Å². The lowest BCUT2D eigenvalue weighted by Crippen LogP contribution is -2.32. The lowest BCUT2D eigenvalue weighted by Gasteiger charge is -2.19. The summed E-state index contributed by atoms with van der Waals surface area (Å²) in [6, 6.07) is 3.90. The Morgan fingerprint density at radius 3 is 2.45 bits per heavy atom. The molecule has 1 saturated carbocycles. The maximum absolute atomic E-state index is 12.5. The van der Waals surface area contributed by atoms with Gasteiger partial charge in [0, 0.05) is 19.1 Å². The van der Waals surface area contributed by atoms with Gasteiger partial charge in [-0.2, -0.15) is 4.31 Å². The monoisotopic (exact) mass is 300 g/mol. The largest absolute Gasteiger partial charge is 0.447 e. The Labute approximate surface area is 121 Å². The molecule has 0 saturated heterocycles. The molecule has 1 aliphatic carbocycles. The quantitative estimate of drug-likeness (QED) is 0.760. The molecule has 0 aromatic carbocycles. The zero-order valence-electron chi connectivity index (χ0n) is 12.3. The van der Waals surface area contributed by atoms with Crippen molar-refractivity contribution in [2.45, 2.75) is 57.2 Å². The molecule has 1 aliphatic rings. The van der Waals surface area contributed by atoms with Crippen LogP contribution in [0.2, 0.25) is 0 Å². The van der Waals surface area contributed by atoms with E-state index in [2.05, 4.69) is 5.32 Å². The fraction of sp³-hybridized carbons (Fsp3) is 0.714. The van der Waals surface area contributed by atoms with Crippen molar-refractivity contribution in [2.24, 2.45) is 0 Å². The summed E-state index contributed by atoms with van der Waals surface area (Å²) in [7, 11) is -3.49. The zero-order valence-corrected chi connectivity index (χ0v) is 13.1. The average molecular weight is 300 g/mol. The Morgan fingerprint density at radius 2 is 1.90 bits per heavy atom. The lowest BCUT2D eigenvalue weighted by atomic mass is 10.4. The molecule has 0 aliphatic heterocycles. The van der Waals surface area contributed by atoms with E-state index in [1.54, 1.807) is 12.1 Å². The topological polar surface area (TPSA) is 62.6 Å². The number of nitrogens with zero attached hydrogens (tertiary/aromatic N) is 1. The van der Waals surface area contributed by atoms with E-state index in [-0.39, 0.29) is 5.09 Å². The van der Waals surface area contributed by atoms with Crippen LogP contribution >= 0.6 is 0 Å². The van der Waals surface area contributed by atoms with Crippen LogP contribution in [0.25, 0.3) is 0 Å². The van der Waals surface area contributed by atoms with Gasteiger partial charge in [0.15, 0.2) is 0 Å². The van der Waals surface area contributed by atoms with E-state index in [4.69, 9.17) is 4.42 Å². The van der Waals surface area contributed by atoms with Crippen molar-refractivity contribution in [3.8, 4) is 0 Å². The van der Waals surface area contributed by atoms with Crippen molar-refractivity contribution in [3.63, 3.8) is 0 Å². The second kappa shape index (κ2) is 6.74. The van der Waals surface area contributed by atoms with Crippen molar-refractivity contribution >= 4 is 10.0 Å². The molecule has 0 spiro atoms. The van der Waals surface area contributed by atoms with Crippen LogP contribution < -0.4 is 5.32 Å². The van der Waals surface area contributed by atoms with Crippen molar-refractivity contribution in [1.29, 1.82) is 0 Å². The van der Waals surface area contributed by atoms with Gasteiger partial charge in [0.25, 0.3) is 10.0 Å². The molecule has 0 radical (unpaired) electrons. The van der Waals surface area contributed by atoms with Crippen LogP contribution in [-0.4, -0.2) is 31.9 Å². The summed E-state index contributed by atoms with van der Waals surface area (Å²) in [5.74, 6) is 0.684. The molecular weight excluding hydrogens is 276 g/mol. The number of nitrogens with one attached hydrogen (secondary N) is 1. The second-order valence-electron chi connectivity index (χ2n) is 5.28. The SMILES string of the molecule is CCCN(CCC)S(=O)(=O)c1ccc(CNC2CC2)o1. The van der Waals surface area contributed by atoms with Crippen LogP contribution in [0.1, 0.15) is 45.3 Å². The zero-order chi connectivity index (χ0) is 14.6. The third-order valence-corrected chi connectivity index (χ3v) is 5.09. The fourth-order valence-electron chi connectivity index (χ4n) is 2.10. The molecule has 1 aromatic rings. The van der Waals surface area contributed by atoms with Gasteiger partial charge >= 0.3 is 0 Å². The first-order chi connectivity index (χ1) is 9.57. The second-order valence-corrected chi connectivity index (χ2v) is 7.15. The van der Waals surface area contributed by atoms with Gasteiger partial charge in [-0.3, -0.25) is 0 Å². The van der Waals surface area contributed by atoms with E-state index < -0.39 is 10.0 Å². The standard InChI is InChI=1S/C14H24N2O3S/c1-3-9-16(10-4-2)20(17,18)14-8-7-13(19-14)11-15-12-5-6-12/h7-8,12,15H,3-6,9-11H2,1-2H3. The van der Waals surface area contributed by atoms with Crippen molar-refractivity contribution in [1.82, 2.24) is 9.62 Å². The normalized spacial score (nSPS) is 15.9. The molecule has 20 heavy (non-hydrogen) atoms. The first-order valence-electron chi connectivity index (χ1n) is 7.40. The van der Waals surface area contributed by atoms with Crippen molar-refractivity contribution < 1.29 is 12.8 Å². The van der Waals surface area contributed by atoms with Crippen LogP contribution in [-0.2, 0) is 16.6 Å². The lowest BCUT2D eigenvalue weighted by molar-refractivity contribution is 0.361. The molecule has 2 rings (SSSR count). The van der Waals surface area contributed by atoms with Gasteiger partial charge in [0.05, 0.1) is 6.54 Å². The summed E-state index contributed by atoms with van der Waals surface area (Å²) in [6.45, 7) is 5.62. The van der Waals surface area contributed by atoms with Gasteiger partial charge in [-0.25, -0.2) is 8.42 Å². The molecule has 1 N–H and O–H groups in total. The van der Waals surface area contributed by atoms with Gasteiger partial charge < -0.3 is 9.73 Å². The van der Waals surface area contributed by atoms with Crippen LogP contribution in [0.3, 0.4) is 0 Å². The van der Waals surface area contributed by atoms with E-state index in [1.165, 1.54) is 17.1 Å². The maximum Gasteiger partial charge on any atom is 0.276 e. The minimum atomic E-state index is -3.49. The van der Waals surface area contributed by atoms with Crippen molar-refractivity contribution in [2.75, 3.05) is 13.1 Å². The van der Waals surface area contributed by atoms with Crippen LogP contribution in [0.4, 0.5) is 0 Å². The first kappa shape index (κ1) is 15.5. The number of rotatable bonds is 9. The molecule has 0 bridgehead atoms. The summed E-state index contributed by atoms with van der Waals surface area (Å²) < 4.78 is 32.0. The molecule has 0 atom stereocenters. The Kier molecular flexibility index (Phi) is 5.23. The number of hydrogen-bond acceptors (Lipinski definition) is 4. The Hall–Kier alpha value is -0.850. The number of hydrogen-bond donors (Lipinski definition) is 1. The molecule has 6 heteroatoms. The highest BCUT2D eigenvalue weighted by atomic mass is 32.2. The summed E-state index contributed by atoms with van der Waals surface area (Å²) in [5.41, 5.74) is 0. The number of furan rings is 1. The third-order valence-electron chi connectivity index (χ3n) is 3.32. The molecule has 1 heterocycles. The van der Waals surface area contributed by atoms with Gasteiger partial charge in [-0.05, 0) is 37.8 Å². The molecule has 114 valence electrons. The summed E-state index contributed by atoms with van der Waals surface area (Å²) in [4.78, 5) is 0. The molecule has 1 fully saturated rings. The molecule has 5 nitrogen and oxygen atoms in total.